The van der Waals surface area contributed by atoms with Crippen molar-refractivity contribution < 1.29 is 9.53 Å². The lowest BCUT2D eigenvalue weighted by molar-refractivity contribution is 0.0937. The molecule has 0 aromatic heterocycles. The van der Waals surface area contributed by atoms with E-state index in [0.717, 1.165) is 26.1 Å². The summed E-state index contributed by atoms with van der Waals surface area (Å²) < 4.78 is 5.46. The Bertz CT molecular complexity index is 440. The smallest absolute Gasteiger partial charge is 0.407 e. The number of nitrogens with zero attached hydrogens (tertiary/aromatic N) is 1. The molecule has 4 nitrogen and oxygen atoms in total. The molecule has 4 heteroatoms. The van der Waals surface area contributed by atoms with Crippen LogP contribution in [0.25, 0.3) is 0 Å². The van der Waals surface area contributed by atoms with Crippen LogP contribution in [0.3, 0.4) is 0 Å². The zero-order valence-electron chi connectivity index (χ0n) is 12.6. The molecule has 1 N–H and O–H groups in total. The van der Waals surface area contributed by atoms with Gasteiger partial charge in [-0.15, -0.1) is 0 Å². The van der Waals surface area contributed by atoms with E-state index in [1.165, 1.54) is 5.56 Å². The highest BCUT2D eigenvalue weighted by Crippen LogP contribution is 2.16. The highest BCUT2D eigenvalue weighted by molar-refractivity contribution is 5.68. The molecule has 110 valence electrons. The molecule has 1 fully saturated rings. The van der Waals surface area contributed by atoms with Crippen LogP contribution in [0.15, 0.2) is 30.3 Å². The van der Waals surface area contributed by atoms with E-state index in [2.05, 4.69) is 34.5 Å². The van der Waals surface area contributed by atoms with Crippen molar-refractivity contribution in [3.05, 3.63) is 35.9 Å². The van der Waals surface area contributed by atoms with E-state index in [1.807, 2.05) is 26.8 Å². The summed E-state index contributed by atoms with van der Waals surface area (Å²) >= 11 is 0. The third-order valence-corrected chi connectivity index (χ3v) is 3.23. The summed E-state index contributed by atoms with van der Waals surface area (Å²) in [6, 6.07) is 10.4. The maximum atomic E-state index is 11.7. The summed E-state index contributed by atoms with van der Waals surface area (Å²) in [5.74, 6) is 0. The summed E-state index contributed by atoms with van der Waals surface area (Å²) in [6.07, 6.45) is 0.592. The Hall–Kier alpha value is -1.55. The normalized spacial score (nSPS) is 19.9. The van der Waals surface area contributed by atoms with Crippen molar-refractivity contribution in [1.82, 2.24) is 10.2 Å². The lowest BCUT2D eigenvalue weighted by Gasteiger charge is -2.22. The van der Waals surface area contributed by atoms with E-state index in [0.29, 0.717) is 0 Å². The van der Waals surface area contributed by atoms with Crippen LogP contribution in [-0.2, 0) is 11.3 Å². The first-order valence-electron chi connectivity index (χ1n) is 7.17. The van der Waals surface area contributed by atoms with Crippen molar-refractivity contribution in [2.75, 3.05) is 13.1 Å². The molecular formula is C16H24N2O2. The van der Waals surface area contributed by atoms with Gasteiger partial charge in [0.1, 0.15) is 6.10 Å². The fourth-order valence-corrected chi connectivity index (χ4v) is 2.37. The summed E-state index contributed by atoms with van der Waals surface area (Å²) in [4.78, 5) is 14.1. The highest BCUT2D eigenvalue weighted by Gasteiger charge is 2.26. The van der Waals surface area contributed by atoms with Crippen LogP contribution >= 0.6 is 0 Å². The second-order valence-electron chi connectivity index (χ2n) is 6.41. The first kappa shape index (κ1) is 14.9. The molecule has 2 rings (SSSR count). The van der Waals surface area contributed by atoms with Crippen molar-refractivity contribution in [3.8, 4) is 0 Å². The molecule has 1 saturated heterocycles. The molecule has 0 unspecified atom stereocenters. The first-order chi connectivity index (χ1) is 9.42. The Morgan fingerprint density at radius 3 is 2.70 bits per heavy atom. The number of carbonyl (C=O) groups excluding carboxylic acids is 1. The number of nitrogens with one attached hydrogen (secondary N) is 1. The predicted octanol–water partition coefficient (Wildman–Crippen LogP) is 2.79. The van der Waals surface area contributed by atoms with E-state index in [9.17, 15) is 4.79 Å². The summed E-state index contributed by atoms with van der Waals surface area (Å²) in [6.45, 7) is 8.55. The maximum Gasteiger partial charge on any atom is 0.407 e. The second-order valence-corrected chi connectivity index (χ2v) is 6.41. The van der Waals surface area contributed by atoms with Crippen molar-refractivity contribution >= 4 is 6.09 Å². The first-order valence-corrected chi connectivity index (χ1v) is 7.17. The fourth-order valence-electron chi connectivity index (χ4n) is 2.37. The molecule has 0 radical (unpaired) electrons. The van der Waals surface area contributed by atoms with Gasteiger partial charge in [0.05, 0.1) is 0 Å². The molecule has 1 aromatic rings. The number of likely N-dealkylation sites (tertiary alicyclic amines) is 1. The molecule has 1 aliphatic heterocycles. The van der Waals surface area contributed by atoms with Gasteiger partial charge in [0.25, 0.3) is 0 Å². The Balaban J connectivity index is 1.77. The van der Waals surface area contributed by atoms with E-state index in [1.54, 1.807) is 0 Å². The number of alkyl carbamates (subject to hydrolysis) is 1. The van der Waals surface area contributed by atoms with Gasteiger partial charge in [-0.2, -0.15) is 0 Å². The molecule has 1 amide bonds. The van der Waals surface area contributed by atoms with Crippen LogP contribution in [0.1, 0.15) is 32.8 Å². The maximum absolute atomic E-state index is 11.7. The molecule has 1 aromatic carbocycles. The molecule has 20 heavy (non-hydrogen) atoms. The lowest BCUT2D eigenvalue weighted by Crippen LogP contribution is -2.42. The minimum absolute atomic E-state index is 0.000984. The number of benzene rings is 1. The summed E-state index contributed by atoms with van der Waals surface area (Å²) in [7, 11) is 0. The van der Waals surface area contributed by atoms with E-state index in [-0.39, 0.29) is 17.7 Å². The molecule has 0 saturated carbocycles. The molecule has 1 aliphatic rings. The zero-order chi connectivity index (χ0) is 14.6. The van der Waals surface area contributed by atoms with Crippen LogP contribution in [0.4, 0.5) is 4.79 Å². The van der Waals surface area contributed by atoms with Crippen LogP contribution in [0.5, 0.6) is 0 Å². The molecule has 0 spiro atoms. The number of ether oxygens (including phenoxy) is 1. The van der Waals surface area contributed by atoms with Gasteiger partial charge in [-0.25, -0.2) is 4.79 Å². The number of hydrogen-bond acceptors (Lipinski definition) is 3. The molecule has 0 aliphatic carbocycles. The van der Waals surface area contributed by atoms with E-state index >= 15 is 0 Å². The third kappa shape index (κ3) is 4.85. The van der Waals surface area contributed by atoms with E-state index in [4.69, 9.17) is 4.74 Å². The fraction of sp³-hybridized carbons (Fsp3) is 0.562. The Kier molecular flexibility index (Phi) is 4.65. The average molecular weight is 276 g/mol. The quantitative estimate of drug-likeness (QED) is 0.923. The van der Waals surface area contributed by atoms with Gasteiger partial charge in [-0.05, 0) is 32.8 Å². The number of amides is 1. The van der Waals surface area contributed by atoms with Crippen LogP contribution in [0, 0.1) is 0 Å². The SMILES string of the molecule is CC(C)(C)NC(=O)O[C@@H]1CCN(Cc2ccccc2)C1. The second kappa shape index (κ2) is 6.27. The topological polar surface area (TPSA) is 41.6 Å². The van der Waals surface area contributed by atoms with Crippen molar-refractivity contribution in [2.24, 2.45) is 0 Å². The Labute approximate surface area is 121 Å². The number of rotatable bonds is 3. The third-order valence-electron chi connectivity index (χ3n) is 3.23. The van der Waals surface area contributed by atoms with Gasteiger partial charge >= 0.3 is 6.09 Å². The summed E-state index contributed by atoms with van der Waals surface area (Å²) in [5.41, 5.74) is 1.05. The number of carbonyl (C=O) groups is 1. The molecule has 1 heterocycles. The minimum Gasteiger partial charge on any atom is -0.445 e. The largest absolute Gasteiger partial charge is 0.445 e. The predicted molar refractivity (Wildman–Crippen MR) is 79.5 cm³/mol. The van der Waals surface area contributed by atoms with Gasteiger partial charge < -0.3 is 10.1 Å². The van der Waals surface area contributed by atoms with Crippen molar-refractivity contribution in [3.63, 3.8) is 0 Å². The average Bonchev–Trinajstić information content (AvgIpc) is 2.75. The van der Waals surface area contributed by atoms with Crippen molar-refractivity contribution in [1.29, 1.82) is 0 Å². The standard InChI is InChI=1S/C16H24N2O2/c1-16(2,3)17-15(19)20-14-9-10-18(12-14)11-13-7-5-4-6-8-13/h4-8,14H,9-12H2,1-3H3,(H,17,19)/t14-/m1/s1. The Morgan fingerprint density at radius 2 is 2.05 bits per heavy atom. The zero-order valence-corrected chi connectivity index (χ0v) is 12.6. The van der Waals surface area contributed by atoms with Crippen LogP contribution in [-0.4, -0.2) is 35.7 Å². The van der Waals surface area contributed by atoms with Gasteiger partial charge in [-0.3, -0.25) is 4.90 Å². The van der Waals surface area contributed by atoms with Gasteiger partial charge in [-0.1, -0.05) is 30.3 Å². The Morgan fingerprint density at radius 1 is 1.35 bits per heavy atom. The monoisotopic (exact) mass is 276 g/mol. The van der Waals surface area contributed by atoms with Gasteiger partial charge in [0, 0.05) is 25.2 Å². The van der Waals surface area contributed by atoms with Crippen LogP contribution in [0.2, 0.25) is 0 Å². The van der Waals surface area contributed by atoms with Crippen LogP contribution < -0.4 is 5.32 Å². The molecule has 1 atom stereocenters. The number of hydrogen-bond donors (Lipinski definition) is 1. The van der Waals surface area contributed by atoms with Gasteiger partial charge in [0.15, 0.2) is 0 Å². The van der Waals surface area contributed by atoms with Gasteiger partial charge in [0.2, 0.25) is 0 Å². The minimum atomic E-state index is -0.316. The molecule has 0 bridgehead atoms. The molecular weight excluding hydrogens is 252 g/mol. The summed E-state index contributed by atoms with van der Waals surface area (Å²) in [5, 5.41) is 2.83. The van der Waals surface area contributed by atoms with E-state index < -0.39 is 0 Å². The lowest BCUT2D eigenvalue weighted by atomic mass is 10.1. The highest BCUT2D eigenvalue weighted by atomic mass is 16.6. The van der Waals surface area contributed by atoms with Crippen molar-refractivity contribution in [2.45, 2.75) is 45.4 Å².